The Bertz CT molecular complexity index is 879. The largest absolute Gasteiger partial charge is 0.487 e. The number of para-hydroxylation sites is 2. The van der Waals surface area contributed by atoms with E-state index in [4.69, 9.17) is 9.47 Å². The van der Waals surface area contributed by atoms with E-state index in [1.165, 1.54) is 12.1 Å². The molecule has 0 amide bonds. The molecule has 0 spiro atoms. The van der Waals surface area contributed by atoms with Crippen molar-refractivity contribution in [1.29, 1.82) is 0 Å². The third-order valence-corrected chi connectivity index (χ3v) is 3.47. The SMILES string of the molecule is Cc1cc(C(=O)OCCOc2ccccc2F)c2ccccc2n1. The standard InChI is InChI=1S/C19H16FNO3/c1-13-12-15(14-6-2-4-8-17(14)21-13)19(22)24-11-10-23-18-9-5-3-7-16(18)20/h2-9,12H,10-11H2,1H3. The Morgan fingerprint density at radius 2 is 1.83 bits per heavy atom. The molecule has 24 heavy (non-hydrogen) atoms. The fourth-order valence-electron chi connectivity index (χ4n) is 2.40. The van der Waals surface area contributed by atoms with Gasteiger partial charge in [0.1, 0.15) is 13.2 Å². The minimum Gasteiger partial charge on any atom is -0.487 e. The number of hydrogen-bond donors (Lipinski definition) is 0. The molecule has 0 fully saturated rings. The highest BCUT2D eigenvalue weighted by molar-refractivity contribution is 6.03. The van der Waals surface area contributed by atoms with Gasteiger partial charge in [-0.15, -0.1) is 0 Å². The molecular formula is C19H16FNO3. The van der Waals surface area contributed by atoms with E-state index in [0.29, 0.717) is 5.56 Å². The van der Waals surface area contributed by atoms with E-state index in [2.05, 4.69) is 4.98 Å². The predicted octanol–water partition coefficient (Wildman–Crippen LogP) is 3.92. The maximum atomic E-state index is 13.4. The van der Waals surface area contributed by atoms with Crippen molar-refractivity contribution in [3.63, 3.8) is 0 Å². The van der Waals surface area contributed by atoms with Crippen LogP contribution in [0.4, 0.5) is 4.39 Å². The normalized spacial score (nSPS) is 10.6. The summed E-state index contributed by atoms with van der Waals surface area (Å²) in [6, 6.07) is 15.2. The van der Waals surface area contributed by atoms with Crippen molar-refractivity contribution in [2.45, 2.75) is 6.92 Å². The zero-order chi connectivity index (χ0) is 16.9. The number of rotatable bonds is 5. The van der Waals surface area contributed by atoms with E-state index < -0.39 is 11.8 Å². The smallest absolute Gasteiger partial charge is 0.339 e. The van der Waals surface area contributed by atoms with Crippen molar-refractivity contribution >= 4 is 16.9 Å². The highest BCUT2D eigenvalue weighted by Gasteiger charge is 2.13. The van der Waals surface area contributed by atoms with Gasteiger partial charge in [0.15, 0.2) is 11.6 Å². The third kappa shape index (κ3) is 3.51. The number of fused-ring (bicyclic) bond motifs is 1. The Morgan fingerprint density at radius 1 is 1.08 bits per heavy atom. The third-order valence-electron chi connectivity index (χ3n) is 3.47. The lowest BCUT2D eigenvalue weighted by atomic mass is 10.1. The Balaban J connectivity index is 1.65. The summed E-state index contributed by atoms with van der Waals surface area (Å²) in [6.45, 7) is 1.93. The first-order valence-corrected chi connectivity index (χ1v) is 7.56. The van der Waals surface area contributed by atoms with Crippen LogP contribution in [0.15, 0.2) is 54.6 Å². The molecule has 0 saturated carbocycles. The molecule has 2 aromatic carbocycles. The molecule has 0 aliphatic carbocycles. The molecule has 0 saturated heterocycles. The van der Waals surface area contributed by atoms with Crippen LogP contribution in [0, 0.1) is 12.7 Å². The topological polar surface area (TPSA) is 48.4 Å². The van der Waals surface area contributed by atoms with E-state index in [1.54, 1.807) is 18.2 Å². The molecule has 1 aromatic heterocycles. The highest BCUT2D eigenvalue weighted by atomic mass is 19.1. The number of aromatic nitrogens is 1. The molecule has 0 aliphatic heterocycles. The van der Waals surface area contributed by atoms with E-state index in [0.717, 1.165) is 16.6 Å². The number of esters is 1. The second-order valence-electron chi connectivity index (χ2n) is 5.24. The summed E-state index contributed by atoms with van der Waals surface area (Å²) >= 11 is 0. The summed E-state index contributed by atoms with van der Waals surface area (Å²) in [5, 5.41) is 0.739. The first-order valence-electron chi connectivity index (χ1n) is 7.56. The zero-order valence-electron chi connectivity index (χ0n) is 13.2. The summed E-state index contributed by atoms with van der Waals surface area (Å²) in [5.74, 6) is -0.757. The maximum absolute atomic E-state index is 13.4. The molecule has 5 heteroatoms. The minimum absolute atomic E-state index is 0.0306. The van der Waals surface area contributed by atoms with Gasteiger partial charge >= 0.3 is 5.97 Å². The van der Waals surface area contributed by atoms with Gasteiger partial charge in [0.05, 0.1) is 11.1 Å². The molecule has 0 bridgehead atoms. The van der Waals surface area contributed by atoms with E-state index in [-0.39, 0.29) is 19.0 Å². The van der Waals surface area contributed by atoms with Crippen molar-refractivity contribution in [1.82, 2.24) is 4.98 Å². The monoisotopic (exact) mass is 325 g/mol. The van der Waals surface area contributed by atoms with E-state index in [1.807, 2.05) is 31.2 Å². The fourth-order valence-corrected chi connectivity index (χ4v) is 2.40. The van der Waals surface area contributed by atoms with Crippen LogP contribution >= 0.6 is 0 Å². The van der Waals surface area contributed by atoms with Crippen molar-refractivity contribution < 1.29 is 18.7 Å². The van der Waals surface area contributed by atoms with Crippen LogP contribution in [-0.2, 0) is 4.74 Å². The average molecular weight is 325 g/mol. The highest BCUT2D eigenvalue weighted by Crippen LogP contribution is 2.19. The number of ether oxygens (including phenoxy) is 2. The molecule has 0 aliphatic rings. The van der Waals surface area contributed by atoms with Crippen LogP contribution in [0.1, 0.15) is 16.1 Å². The first-order chi connectivity index (χ1) is 11.6. The number of halogens is 1. The fraction of sp³-hybridized carbons (Fsp3) is 0.158. The van der Waals surface area contributed by atoms with Crippen LogP contribution in [0.2, 0.25) is 0 Å². The lowest BCUT2D eigenvalue weighted by Gasteiger charge is -2.10. The van der Waals surface area contributed by atoms with Crippen molar-refractivity contribution in [3.05, 3.63) is 71.7 Å². The molecule has 3 rings (SSSR count). The van der Waals surface area contributed by atoms with Crippen LogP contribution in [0.5, 0.6) is 5.75 Å². The number of aryl methyl sites for hydroxylation is 1. The van der Waals surface area contributed by atoms with Gasteiger partial charge in [-0.25, -0.2) is 9.18 Å². The van der Waals surface area contributed by atoms with Crippen LogP contribution in [0.3, 0.4) is 0 Å². The Hall–Kier alpha value is -2.95. The Kier molecular flexibility index (Phi) is 4.70. The predicted molar refractivity (Wildman–Crippen MR) is 88.7 cm³/mol. The molecule has 1 heterocycles. The molecule has 4 nitrogen and oxygen atoms in total. The van der Waals surface area contributed by atoms with E-state index in [9.17, 15) is 9.18 Å². The van der Waals surface area contributed by atoms with Gasteiger partial charge in [0.2, 0.25) is 0 Å². The summed E-state index contributed by atoms with van der Waals surface area (Å²) in [6.07, 6.45) is 0. The first kappa shape index (κ1) is 15.9. The second kappa shape index (κ2) is 7.08. The van der Waals surface area contributed by atoms with Crippen LogP contribution < -0.4 is 4.74 Å². The Morgan fingerprint density at radius 3 is 2.67 bits per heavy atom. The van der Waals surface area contributed by atoms with Gasteiger partial charge in [0.25, 0.3) is 0 Å². The molecule has 0 atom stereocenters. The van der Waals surface area contributed by atoms with Gasteiger partial charge in [0, 0.05) is 11.1 Å². The van der Waals surface area contributed by atoms with Crippen LogP contribution in [-0.4, -0.2) is 24.2 Å². The van der Waals surface area contributed by atoms with Gasteiger partial charge < -0.3 is 9.47 Å². The van der Waals surface area contributed by atoms with Gasteiger partial charge in [-0.1, -0.05) is 30.3 Å². The zero-order valence-corrected chi connectivity index (χ0v) is 13.2. The van der Waals surface area contributed by atoms with E-state index >= 15 is 0 Å². The van der Waals surface area contributed by atoms with Gasteiger partial charge in [-0.2, -0.15) is 0 Å². The molecule has 3 aromatic rings. The maximum Gasteiger partial charge on any atom is 0.339 e. The van der Waals surface area contributed by atoms with Crippen LogP contribution in [0.25, 0.3) is 10.9 Å². The molecule has 0 radical (unpaired) electrons. The number of hydrogen-bond acceptors (Lipinski definition) is 4. The summed E-state index contributed by atoms with van der Waals surface area (Å²) in [4.78, 5) is 16.7. The molecular weight excluding hydrogens is 309 g/mol. The average Bonchev–Trinajstić information content (AvgIpc) is 2.59. The molecule has 0 N–H and O–H groups in total. The van der Waals surface area contributed by atoms with Crippen molar-refractivity contribution in [2.75, 3.05) is 13.2 Å². The Labute approximate surface area is 138 Å². The van der Waals surface area contributed by atoms with Gasteiger partial charge in [-0.3, -0.25) is 4.98 Å². The summed E-state index contributed by atoms with van der Waals surface area (Å²) < 4.78 is 23.9. The number of benzene rings is 2. The summed E-state index contributed by atoms with van der Waals surface area (Å²) in [7, 11) is 0. The molecule has 122 valence electrons. The van der Waals surface area contributed by atoms with Gasteiger partial charge in [-0.05, 0) is 31.2 Å². The second-order valence-corrected chi connectivity index (χ2v) is 5.24. The minimum atomic E-state index is -0.450. The number of carbonyl (C=O) groups excluding carboxylic acids is 1. The molecule has 0 unspecified atom stereocenters. The quantitative estimate of drug-likeness (QED) is 0.527. The summed E-state index contributed by atoms with van der Waals surface area (Å²) in [5.41, 5.74) is 1.94. The number of carbonyl (C=O) groups is 1. The number of nitrogens with zero attached hydrogens (tertiary/aromatic N) is 1. The lowest BCUT2D eigenvalue weighted by Crippen LogP contribution is -2.13. The van der Waals surface area contributed by atoms with Crippen molar-refractivity contribution in [2.24, 2.45) is 0 Å². The van der Waals surface area contributed by atoms with Crippen molar-refractivity contribution in [3.8, 4) is 5.75 Å². The lowest BCUT2D eigenvalue weighted by molar-refractivity contribution is 0.0450. The number of pyridine rings is 1.